The Morgan fingerprint density at radius 3 is 1.86 bits per heavy atom. The van der Waals surface area contributed by atoms with Crippen LogP contribution in [0.5, 0.6) is 0 Å². The van der Waals surface area contributed by atoms with E-state index in [2.05, 4.69) is 43.3 Å². The van der Waals surface area contributed by atoms with E-state index in [1.807, 2.05) is 20.8 Å². The van der Waals surface area contributed by atoms with E-state index in [-0.39, 0.29) is 31.4 Å². The molecule has 0 spiro atoms. The van der Waals surface area contributed by atoms with Gasteiger partial charge in [0.15, 0.2) is 0 Å². The third-order valence-electron chi connectivity index (χ3n) is 1.90. The second-order valence-corrected chi connectivity index (χ2v) is 7.50. The molecule has 0 fully saturated rings. The van der Waals surface area contributed by atoms with Crippen molar-refractivity contribution < 1.29 is 17.0 Å². The van der Waals surface area contributed by atoms with Crippen molar-refractivity contribution >= 4 is 40.3 Å². The normalized spacial score (nSPS) is 8.90. The Labute approximate surface area is 152 Å². The van der Waals surface area contributed by atoms with Gasteiger partial charge < -0.3 is 20.6 Å². The molecule has 0 aliphatic rings. The van der Waals surface area contributed by atoms with Gasteiger partial charge in [-0.15, -0.1) is 40.6 Å². The molecule has 1 N–H and O–H groups in total. The van der Waals surface area contributed by atoms with Crippen LogP contribution in [0.25, 0.3) is 16.5 Å². The van der Waals surface area contributed by atoms with Gasteiger partial charge in [-0.25, -0.2) is 0 Å². The molecule has 0 aliphatic carbocycles. The average molecular weight is 378 g/mol. The van der Waals surface area contributed by atoms with Gasteiger partial charge in [0, 0.05) is 11.0 Å². The summed E-state index contributed by atoms with van der Waals surface area (Å²) in [6.45, 7) is 7.70. The van der Waals surface area contributed by atoms with Crippen molar-refractivity contribution in [3.05, 3.63) is 62.5 Å². The zero-order valence-electron chi connectivity index (χ0n) is 13.7. The van der Waals surface area contributed by atoms with E-state index < -0.39 is 17.0 Å². The fourth-order valence-electron chi connectivity index (χ4n) is 1.31. The molecule has 116 valence electrons. The molecule has 0 saturated carbocycles. The van der Waals surface area contributed by atoms with Crippen LogP contribution >= 0.6 is 18.6 Å². The fraction of sp³-hybridized carbons (Fsp3) is 0.312. The van der Waals surface area contributed by atoms with E-state index >= 15 is 0 Å². The summed E-state index contributed by atoms with van der Waals surface area (Å²) in [5, 5.41) is 2.72. The zero-order chi connectivity index (χ0) is 14.2. The Bertz CT molecular complexity index is 447. The quantitative estimate of drug-likeness (QED) is 0.364. The molecular formula is C16H25Cl2NSiTi. The minimum atomic E-state index is -0.556. The molecule has 0 saturated heterocycles. The molecule has 1 nitrogen and oxygen atoms in total. The number of aryl methyl sites for hydroxylation is 1. The van der Waals surface area contributed by atoms with E-state index in [0.717, 1.165) is 0 Å². The Morgan fingerprint density at radius 1 is 1.10 bits per heavy atom. The number of fused-ring (bicyclic) bond motifs is 1. The first-order valence-electron chi connectivity index (χ1n) is 5.62. The maximum absolute atomic E-state index is 6.94. The molecule has 21 heavy (non-hydrogen) atoms. The standard InChI is InChI=1S/C10H9.C4H10N.2CH3.2ClH.Si.Ti/c1-8-6-7-9-4-2-3-5-10(8)9;1-4(2,3)5;;;;;;/h2-7H,1H3;5H,1-3H3;2*1H3;2*1H;;/q4*-1;;;;+6/p-2. The first-order chi connectivity index (χ1) is 8.29. The van der Waals surface area contributed by atoms with E-state index in [4.69, 9.17) is 24.3 Å². The van der Waals surface area contributed by atoms with Crippen LogP contribution < -0.4 is 0 Å². The van der Waals surface area contributed by atoms with Gasteiger partial charge in [-0.05, 0) is 0 Å². The monoisotopic (exact) mass is 377 g/mol. The third-order valence-corrected chi connectivity index (χ3v) is 1.90. The van der Waals surface area contributed by atoms with Crippen LogP contribution in [-0.2, 0) is 17.0 Å². The summed E-state index contributed by atoms with van der Waals surface area (Å²) in [5.41, 5.74) is 8.06. The number of nitrogens with one attached hydrogen (secondary N) is 1. The minimum absolute atomic E-state index is 0. The molecule has 2 aromatic carbocycles. The smallest absolute Gasteiger partial charge is 0 e. The number of hydrogen-bond acceptors (Lipinski definition) is 0. The van der Waals surface area contributed by atoms with Gasteiger partial charge in [0.25, 0.3) is 0 Å². The van der Waals surface area contributed by atoms with Crippen LogP contribution in [0.15, 0.2) is 36.4 Å². The molecule has 2 rings (SSSR count). The summed E-state index contributed by atoms with van der Waals surface area (Å²) in [4.78, 5) is 0. The van der Waals surface area contributed by atoms with Gasteiger partial charge >= 0.3 is 35.6 Å². The van der Waals surface area contributed by atoms with Crippen molar-refractivity contribution in [3.63, 3.8) is 0 Å². The predicted octanol–water partition coefficient (Wildman–Crippen LogP) is 6.60. The maximum atomic E-state index is 6.94. The second-order valence-electron chi connectivity index (χ2n) is 4.93. The SMILES string of the molecule is CC(C)(C)[NH-].Cc1c[cH-]c2ccccc12.[CH3-].[CH3-].[Cl][Ti+4][Cl].[Si]. The summed E-state index contributed by atoms with van der Waals surface area (Å²) >= 11 is -0.556. The summed E-state index contributed by atoms with van der Waals surface area (Å²) < 4.78 is 0. The molecule has 2 aromatic rings. The molecule has 4 radical (unpaired) electrons. The van der Waals surface area contributed by atoms with E-state index in [9.17, 15) is 0 Å². The second kappa shape index (κ2) is 15.2. The van der Waals surface area contributed by atoms with Crippen molar-refractivity contribution in [2.75, 3.05) is 0 Å². The molecule has 0 amide bonds. The van der Waals surface area contributed by atoms with Crippen LogP contribution in [-0.4, -0.2) is 16.5 Å². The van der Waals surface area contributed by atoms with Gasteiger partial charge in [0.1, 0.15) is 0 Å². The van der Waals surface area contributed by atoms with E-state index in [1.165, 1.54) is 16.3 Å². The third kappa shape index (κ3) is 16.5. The van der Waals surface area contributed by atoms with Crippen molar-refractivity contribution in [3.8, 4) is 0 Å². The first-order valence-corrected chi connectivity index (χ1v) is 9.91. The number of hydrogen-bond donors (Lipinski definition) is 0. The fourth-order valence-corrected chi connectivity index (χ4v) is 1.31. The summed E-state index contributed by atoms with van der Waals surface area (Å²) in [6, 6.07) is 12.8. The van der Waals surface area contributed by atoms with Crippen molar-refractivity contribution in [1.29, 1.82) is 0 Å². The van der Waals surface area contributed by atoms with Crippen molar-refractivity contribution in [1.82, 2.24) is 0 Å². The van der Waals surface area contributed by atoms with Gasteiger partial charge in [-0.1, -0.05) is 33.8 Å². The van der Waals surface area contributed by atoms with Crippen LogP contribution in [0.3, 0.4) is 0 Å². The number of benzene rings is 1. The van der Waals surface area contributed by atoms with Crippen LogP contribution in [0.2, 0.25) is 0 Å². The largest absolute Gasteiger partial charge is 0 e. The van der Waals surface area contributed by atoms with Gasteiger partial charge in [-0.3, -0.25) is 0 Å². The van der Waals surface area contributed by atoms with Crippen LogP contribution in [0, 0.1) is 21.8 Å². The summed E-state index contributed by atoms with van der Waals surface area (Å²) in [7, 11) is 9.78. The number of rotatable bonds is 0. The minimum Gasteiger partial charge on any atom is 0 e. The van der Waals surface area contributed by atoms with Crippen molar-refractivity contribution in [2.24, 2.45) is 0 Å². The van der Waals surface area contributed by atoms with Gasteiger partial charge in [-0.2, -0.15) is 11.6 Å². The molecule has 0 atom stereocenters. The molecule has 0 aliphatic heterocycles. The number of halogens is 2. The Kier molecular flexibility index (Phi) is 21.2. The topological polar surface area (TPSA) is 23.8 Å². The van der Waals surface area contributed by atoms with Gasteiger partial charge in [0.05, 0.1) is 0 Å². The average Bonchev–Trinajstić information content (AvgIpc) is 2.60. The van der Waals surface area contributed by atoms with Gasteiger partial charge in [0.2, 0.25) is 0 Å². The molecule has 5 heteroatoms. The van der Waals surface area contributed by atoms with E-state index in [1.54, 1.807) is 0 Å². The summed E-state index contributed by atoms with van der Waals surface area (Å²) in [5.74, 6) is 0. The Hall–Kier alpha value is 0.301. The Morgan fingerprint density at radius 2 is 1.48 bits per heavy atom. The Balaban J connectivity index is -0.000000116. The molecule has 0 bridgehead atoms. The first kappa shape index (κ1) is 29.3. The zero-order valence-corrected chi connectivity index (χ0v) is 17.8. The molecule has 0 heterocycles. The predicted molar refractivity (Wildman–Crippen MR) is 98.6 cm³/mol. The molecular weight excluding hydrogens is 353 g/mol. The summed E-state index contributed by atoms with van der Waals surface area (Å²) in [6.07, 6.45) is 0. The molecule has 0 unspecified atom stereocenters. The van der Waals surface area contributed by atoms with Crippen LogP contribution in [0.4, 0.5) is 0 Å². The van der Waals surface area contributed by atoms with Crippen LogP contribution in [0.1, 0.15) is 26.3 Å². The van der Waals surface area contributed by atoms with Crippen molar-refractivity contribution in [2.45, 2.75) is 33.2 Å². The van der Waals surface area contributed by atoms with E-state index in [0.29, 0.717) is 0 Å². The maximum Gasteiger partial charge on any atom is 0 e. The molecule has 0 aromatic heterocycles.